The summed E-state index contributed by atoms with van der Waals surface area (Å²) in [7, 11) is -4.07. The first kappa shape index (κ1) is 15.8. The third-order valence-corrected chi connectivity index (χ3v) is 3.12. The summed E-state index contributed by atoms with van der Waals surface area (Å²) in [6, 6.07) is 13.2. The first-order valence-corrected chi connectivity index (χ1v) is 7.83. The van der Waals surface area contributed by atoms with Crippen LogP contribution in [0.2, 0.25) is 0 Å². The number of anilines is 1. The van der Waals surface area contributed by atoms with Gasteiger partial charge in [-0.2, -0.15) is 18.6 Å². The van der Waals surface area contributed by atoms with Crippen LogP contribution in [-0.4, -0.2) is 25.1 Å². The highest BCUT2D eigenvalue weighted by Gasteiger charge is 2.03. The lowest BCUT2D eigenvalue weighted by molar-refractivity contribution is 0.112. The van der Waals surface area contributed by atoms with Crippen LogP contribution in [0.3, 0.4) is 0 Å². The van der Waals surface area contributed by atoms with Crippen molar-refractivity contribution in [2.24, 2.45) is 10.2 Å². The summed E-state index contributed by atoms with van der Waals surface area (Å²) in [6.45, 7) is 0. The summed E-state index contributed by atoms with van der Waals surface area (Å²) >= 11 is 0. The molecule has 2 N–H and O–H groups in total. The maximum Gasteiger partial charge on any atom is 0.283 e. The van der Waals surface area contributed by atoms with E-state index < -0.39 is 16.0 Å². The van der Waals surface area contributed by atoms with E-state index in [2.05, 4.69) is 15.5 Å². The Morgan fingerprint density at radius 3 is 2.36 bits per heavy atom. The Bertz CT molecular complexity index is 786. The lowest BCUT2D eigenvalue weighted by Gasteiger charge is -2.03. The summed E-state index contributed by atoms with van der Waals surface area (Å²) in [5.41, 5.74) is 2.16. The molecule has 0 aliphatic heterocycles. The van der Waals surface area contributed by atoms with E-state index in [-0.39, 0.29) is 0 Å². The summed E-state index contributed by atoms with van der Waals surface area (Å²) in [6.07, 6.45) is 0.731. The van der Waals surface area contributed by atoms with Gasteiger partial charge in [-0.3, -0.25) is 9.35 Å². The molecule has 0 aromatic heterocycles. The average Bonchev–Trinajstić information content (AvgIpc) is 2.51. The normalized spacial score (nSPS) is 11.5. The Labute approximate surface area is 127 Å². The summed E-state index contributed by atoms with van der Waals surface area (Å²) < 4.78 is 29.9. The number of carbonyl (C=O) groups is 1. The molecular weight excluding hydrogens is 306 g/mol. The van der Waals surface area contributed by atoms with Gasteiger partial charge >= 0.3 is 0 Å². The standard InChI is InChI=1S/C14H13N3O4S/c18-9-11-2-1-3-14(8-11)17-16-13-6-4-12(5-7-13)15-10-22(19,20)21/h1-9,15H,10H2,(H,19,20,21). The fourth-order valence-electron chi connectivity index (χ4n) is 1.60. The van der Waals surface area contributed by atoms with E-state index in [4.69, 9.17) is 4.55 Å². The molecule has 22 heavy (non-hydrogen) atoms. The molecule has 0 saturated heterocycles. The largest absolute Gasteiger partial charge is 0.370 e. The highest BCUT2D eigenvalue weighted by atomic mass is 32.2. The van der Waals surface area contributed by atoms with Gasteiger partial charge in [0.05, 0.1) is 11.4 Å². The van der Waals surface area contributed by atoms with Gasteiger partial charge in [-0.25, -0.2) is 0 Å². The van der Waals surface area contributed by atoms with E-state index in [1.165, 1.54) is 0 Å². The van der Waals surface area contributed by atoms with Crippen LogP contribution >= 0.6 is 0 Å². The van der Waals surface area contributed by atoms with Crippen LogP contribution in [0.25, 0.3) is 0 Å². The van der Waals surface area contributed by atoms with Crippen LogP contribution in [0.1, 0.15) is 10.4 Å². The van der Waals surface area contributed by atoms with Gasteiger partial charge in [-0.1, -0.05) is 12.1 Å². The first-order valence-electron chi connectivity index (χ1n) is 6.22. The molecule has 7 nitrogen and oxygen atoms in total. The van der Waals surface area contributed by atoms with Crippen molar-refractivity contribution < 1.29 is 17.8 Å². The lowest BCUT2D eigenvalue weighted by atomic mass is 10.2. The van der Waals surface area contributed by atoms with Gasteiger partial charge in [0, 0.05) is 11.3 Å². The predicted octanol–water partition coefficient (Wildman–Crippen LogP) is 3.17. The molecule has 0 spiro atoms. The van der Waals surface area contributed by atoms with Crippen molar-refractivity contribution in [2.75, 3.05) is 11.2 Å². The summed E-state index contributed by atoms with van der Waals surface area (Å²) in [5.74, 6) is -0.563. The molecule has 0 atom stereocenters. The second-order valence-electron chi connectivity index (χ2n) is 4.36. The SMILES string of the molecule is O=Cc1cccc(N=Nc2ccc(NCS(=O)(=O)O)cc2)c1. The second kappa shape index (κ2) is 6.92. The average molecular weight is 319 g/mol. The van der Waals surface area contributed by atoms with Crippen LogP contribution in [0.4, 0.5) is 17.1 Å². The fraction of sp³-hybridized carbons (Fsp3) is 0.0714. The van der Waals surface area contributed by atoms with Crippen LogP contribution in [0.5, 0.6) is 0 Å². The first-order chi connectivity index (χ1) is 10.5. The van der Waals surface area contributed by atoms with Crippen molar-refractivity contribution in [3.63, 3.8) is 0 Å². The fourth-order valence-corrected chi connectivity index (χ4v) is 1.95. The van der Waals surface area contributed by atoms with Gasteiger partial charge in [0.25, 0.3) is 10.1 Å². The number of nitrogens with one attached hydrogen (secondary N) is 1. The molecule has 0 fully saturated rings. The summed E-state index contributed by atoms with van der Waals surface area (Å²) in [5, 5.41) is 10.6. The Hall–Kier alpha value is -2.58. The number of aldehydes is 1. The van der Waals surface area contributed by atoms with Gasteiger partial charge in [-0.15, -0.1) is 0 Å². The minimum Gasteiger partial charge on any atom is -0.370 e. The highest BCUT2D eigenvalue weighted by Crippen LogP contribution is 2.20. The van der Waals surface area contributed by atoms with E-state index in [9.17, 15) is 13.2 Å². The van der Waals surface area contributed by atoms with E-state index in [1.54, 1.807) is 48.5 Å². The molecule has 2 aromatic carbocycles. The molecule has 0 aliphatic rings. The molecule has 0 saturated carbocycles. The van der Waals surface area contributed by atoms with Crippen molar-refractivity contribution >= 4 is 33.5 Å². The van der Waals surface area contributed by atoms with Crippen molar-refractivity contribution in [3.05, 3.63) is 54.1 Å². The predicted molar refractivity (Wildman–Crippen MR) is 82.5 cm³/mol. The maximum atomic E-state index is 10.7. The quantitative estimate of drug-likeness (QED) is 0.483. The molecule has 0 radical (unpaired) electrons. The summed E-state index contributed by atoms with van der Waals surface area (Å²) in [4.78, 5) is 10.7. The zero-order valence-corrected chi connectivity index (χ0v) is 12.2. The van der Waals surface area contributed by atoms with E-state index >= 15 is 0 Å². The van der Waals surface area contributed by atoms with Crippen LogP contribution < -0.4 is 5.32 Å². The number of hydrogen-bond acceptors (Lipinski definition) is 6. The zero-order valence-electron chi connectivity index (χ0n) is 11.4. The number of azo groups is 1. The maximum absolute atomic E-state index is 10.7. The van der Waals surface area contributed by atoms with Gasteiger partial charge in [0.15, 0.2) is 0 Å². The number of nitrogens with zero attached hydrogens (tertiary/aromatic N) is 2. The van der Waals surface area contributed by atoms with E-state index in [0.717, 1.165) is 6.29 Å². The number of benzene rings is 2. The molecule has 2 rings (SSSR count). The molecule has 0 amide bonds. The Morgan fingerprint density at radius 1 is 1.05 bits per heavy atom. The molecule has 114 valence electrons. The third-order valence-electron chi connectivity index (χ3n) is 2.61. The molecule has 2 aromatic rings. The van der Waals surface area contributed by atoms with E-state index in [1.807, 2.05) is 0 Å². The minimum atomic E-state index is -4.07. The highest BCUT2D eigenvalue weighted by molar-refractivity contribution is 7.85. The van der Waals surface area contributed by atoms with Gasteiger partial charge in [-0.05, 0) is 36.4 Å². The second-order valence-corrected chi connectivity index (χ2v) is 5.82. The Morgan fingerprint density at radius 2 is 1.73 bits per heavy atom. The molecule has 0 bridgehead atoms. The topological polar surface area (TPSA) is 108 Å². The Balaban J connectivity index is 2.04. The third kappa shape index (κ3) is 5.08. The smallest absolute Gasteiger partial charge is 0.283 e. The van der Waals surface area contributed by atoms with Crippen molar-refractivity contribution in [1.29, 1.82) is 0 Å². The van der Waals surface area contributed by atoms with Crippen LogP contribution in [0, 0.1) is 0 Å². The van der Waals surface area contributed by atoms with Gasteiger partial charge < -0.3 is 5.32 Å². The number of carbonyl (C=O) groups excluding carboxylic acids is 1. The van der Waals surface area contributed by atoms with Gasteiger partial charge in [0.2, 0.25) is 0 Å². The van der Waals surface area contributed by atoms with E-state index in [0.29, 0.717) is 22.6 Å². The zero-order chi connectivity index (χ0) is 16.0. The lowest BCUT2D eigenvalue weighted by Crippen LogP contribution is -2.12. The molecular formula is C14H13N3O4S. The number of hydrogen-bond donors (Lipinski definition) is 2. The van der Waals surface area contributed by atoms with Crippen molar-refractivity contribution in [3.8, 4) is 0 Å². The van der Waals surface area contributed by atoms with Crippen LogP contribution in [0.15, 0.2) is 58.8 Å². The molecule has 0 unspecified atom stereocenters. The monoisotopic (exact) mass is 319 g/mol. The minimum absolute atomic E-state index is 0.515. The van der Waals surface area contributed by atoms with Gasteiger partial charge in [0.1, 0.15) is 12.2 Å². The van der Waals surface area contributed by atoms with Crippen LogP contribution in [-0.2, 0) is 10.1 Å². The molecule has 0 heterocycles. The number of rotatable bonds is 6. The Kier molecular flexibility index (Phi) is 4.97. The van der Waals surface area contributed by atoms with Crippen molar-refractivity contribution in [2.45, 2.75) is 0 Å². The molecule has 8 heteroatoms. The molecule has 0 aliphatic carbocycles. The van der Waals surface area contributed by atoms with Crippen molar-refractivity contribution in [1.82, 2.24) is 0 Å².